The summed E-state index contributed by atoms with van der Waals surface area (Å²) in [5, 5.41) is 3.38. The van der Waals surface area contributed by atoms with Gasteiger partial charge in [0.25, 0.3) is 0 Å². The largest absolute Gasteiger partial charge is 0.0773 e. The summed E-state index contributed by atoms with van der Waals surface area (Å²) in [5.41, 5.74) is 9.10. The zero-order valence-electron chi connectivity index (χ0n) is 6.31. The average Bonchev–Trinajstić information content (AvgIpc) is 2.03. The fraction of sp³-hybridized carbons (Fsp3) is 0.250. The van der Waals surface area contributed by atoms with Crippen molar-refractivity contribution in [3.8, 4) is 0 Å². The second-order valence-electron chi connectivity index (χ2n) is 2.37. The van der Waals surface area contributed by atoms with Crippen molar-refractivity contribution in [2.75, 3.05) is 0 Å². The molecule has 3 nitrogen and oxygen atoms in total. The van der Waals surface area contributed by atoms with Crippen LogP contribution in [0.3, 0.4) is 0 Å². The molecule has 0 radical (unpaired) electrons. The Bertz CT molecular complexity index is 267. The minimum Gasteiger partial charge on any atom is -0.0773 e. The second-order valence-corrected chi connectivity index (χ2v) is 2.37. The fourth-order valence-electron chi connectivity index (χ4n) is 0.913. The maximum Gasteiger partial charge on any atom is 0.00476 e. The molecule has 0 aliphatic heterocycles. The van der Waals surface area contributed by atoms with E-state index in [1.165, 1.54) is 0 Å². The van der Waals surface area contributed by atoms with Crippen LogP contribution >= 0.6 is 0 Å². The van der Waals surface area contributed by atoms with E-state index in [-0.39, 0.29) is 0 Å². The van der Waals surface area contributed by atoms with Crippen molar-refractivity contribution in [1.29, 1.82) is 0 Å². The lowest BCUT2D eigenvalue weighted by Gasteiger charge is -2.09. The van der Waals surface area contributed by atoms with Gasteiger partial charge in [0.05, 0.1) is 0 Å². The molecule has 0 amide bonds. The first-order valence-corrected chi connectivity index (χ1v) is 3.43. The molecule has 0 N–H and O–H groups in total. The Morgan fingerprint density at radius 2 is 2.45 bits per heavy atom. The number of rotatable bonds is 1. The van der Waals surface area contributed by atoms with E-state index in [1.807, 2.05) is 18.2 Å². The third kappa shape index (κ3) is 1.99. The van der Waals surface area contributed by atoms with Gasteiger partial charge in [-0.05, 0) is 17.0 Å². The van der Waals surface area contributed by atoms with Crippen molar-refractivity contribution in [2.45, 2.75) is 6.92 Å². The van der Waals surface area contributed by atoms with Crippen LogP contribution in [0.4, 0.5) is 0 Å². The topological polar surface area (TPSA) is 48.8 Å². The van der Waals surface area contributed by atoms with Crippen LogP contribution in [-0.4, -0.2) is 0 Å². The van der Waals surface area contributed by atoms with Gasteiger partial charge in [0.15, 0.2) is 0 Å². The molecule has 1 unspecified atom stereocenters. The van der Waals surface area contributed by atoms with Gasteiger partial charge < -0.3 is 0 Å². The normalized spacial score (nSPS) is 25.2. The molecule has 3 heteroatoms. The Morgan fingerprint density at radius 3 is 3.09 bits per heavy atom. The van der Waals surface area contributed by atoms with Gasteiger partial charge in [0.1, 0.15) is 0 Å². The number of azide groups is 1. The first kappa shape index (κ1) is 7.63. The van der Waals surface area contributed by atoms with Crippen molar-refractivity contribution in [3.63, 3.8) is 0 Å². The predicted molar refractivity (Wildman–Crippen MR) is 44.7 cm³/mol. The highest BCUT2D eigenvalue weighted by Crippen LogP contribution is 2.17. The first-order chi connectivity index (χ1) is 5.34. The van der Waals surface area contributed by atoms with E-state index in [2.05, 4.69) is 23.0 Å². The lowest BCUT2D eigenvalue weighted by Crippen LogP contribution is -1.94. The van der Waals surface area contributed by atoms with E-state index >= 15 is 0 Å². The van der Waals surface area contributed by atoms with Crippen molar-refractivity contribution >= 4 is 0 Å². The van der Waals surface area contributed by atoms with Gasteiger partial charge in [0.2, 0.25) is 0 Å². The summed E-state index contributed by atoms with van der Waals surface area (Å²) in [6, 6.07) is 0. The molecule has 56 valence electrons. The van der Waals surface area contributed by atoms with Crippen LogP contribution in [0.15, 0.2) is 41.2 Å². The molecule has 1 atom stereocenters. The molecule has 1 rings (SSSR count). The molecule has 0 aromatic heterocycles. The number of hydrogen-bond donors (Lipinski definition) is 0. The van der Waals surface area contributed by atoms with E-state index in [0.29, 0.717) is 5.92 Å². The quantitative estimate of drug-likeness (QED) is 0.311. The average molecular weight is 147 g/mol. The number of allylic oxidation sites excluding steroid dienone is 5. The molecule has 1 aliphatic rings. The molecule has 0 aromatic carbocycles. The standard InChI is InChI=1S/C8H9N3/c1-7-4-2-3-5-8(7)6-10-11-9/h2-7H,1H3. The van der Waals surface area contributed by atoms with E-state index in [9.17, 15) is 0 Å². The summed E-state index contributed by atoms with van der Waals surface area (Å²) in [7, 11) is 0. The summed E-state index contributed by atoms with van der Waals surface area (Å²) in [5.74, 6) is 0.352. The first-order valence-electron chi connectivity index (χ1n) is 3.43. The van der Waals surface area contributed by atoms with Gasteiger partial charge in [0, 0.05) is 11.1 Å². The summed E-state index contributed by atoms with van der Waals surface area (Å²) in [6.45, 7) is 2.05. The zero-order chi connectivity index (χ0) is 8.10. The molecule has 0 spiro atoms. The highest BCUT2D eigenvalue weighted by molar-refractivity contribution is 5.31. The predicted octanol–water partition coefficient (Wildman–Crippen LogP) is 2.94. The van der Waals surface area contributed by atoms with Gasteiger partial charge >= 0.3 is 0 Å². The van der Waals surface area contributed by atoms with Crippen molar-refractivity contribution in [2.24, 2.45) is 11.0 Å². The molecular weight excluding hydrogens is 138 g/mol. The van der Waals surface area contributed by atoms with E-state index in [1.54, 1.807) is 6.20 Å². The van der Waals surface area contributed by atoms with Crippen LogP contribution < -0.4 is 0 Å². The second kappa shape index (κ2) is 3.64. The molecule has 11 heavy (non-hydrogen) atoms. The smallest absolute Gasteiger partial charge is 0.00476 e. The minimum absolute atomic E-state index is 0.352. The lowest BCUT2D eigenvalue weighted by atomic mass is 9.98. The van der Waals surface area contributed by atoms with Crippen LogP contribution in [0.25, 0.3) is 10.4 Å². The third-order valence-electron chi connectivity index (χ3n) is 1.58. The summed E-state index contributed by atoms with van der Waals surface area (Å²) in [4.78, 5) is 2.65. The Labute approximate surface area is 65.4 Å². The molecule has 0 bridgehead atoms. The maximum absolute atomic E-state index is 8.05. The van der Waals surface area contributed by atoms with Gasteiger partial charge in [-0.3, -0.25) is 0 Å². The third-order valence-corrected chi connectivity index (χ3v) is 1.58. The van der Waals surface area contributed by atoms with Crippen LogP contribution in [0.1, 0.15) is 6.92 Å². The monoisotopic (exact) mass is 147 g/mol. The highest BCUT2D eigenvalue weighted by Gasteiger charge is 2.02. The minimum atomic E-state index is 0.352. The van der Waals surface area contributed by atoms with Crippen LogP contribution in [0.5, 0.6) is 0 Å². The fourth-order valence-corrected chi connectivity index (χ4v) is 0.913. The summed E-state index contributed by atoms with van der Waals surface area (Å²) in [6.07, 6.45) is 9.46. The molecule has 0 saturated heterocycles. The van der Waals surface area contributed by atoms with Crippen molar-refractivity contribution in [1.82, 2.24) is 0 Å². The molecular formula is C8H9N3. The summed E-state index contributed by atoms with van der Waals surface area (Å²) >= 11 is 0. The Morgan fingerprint density at radius 1 is 1.64 bits per heavy atom. The Hall–Kier alpha value is -1.47. The van der Waals surface area contributed by atoms with Crippen LogP contribution in [0.2, 0.25) is 0 Å². The van der Waals surface area contributed by atoms with E-state index in [4.69, 9.17) is 5.53 Å². The molecule has 0 heterocycles. The maximum atomic E-state index is 8.05. The van der Waals surface area contributed by atoms with Gasteiger partial charge in [-0.25, -0.2) is 0 Å². The van der Waals surface area contributed by atoms with Crippen molar-refractivity contribution < 1.29 is 0 Å². The molecule has 0 saturated carbocycles. The van der Waals surface area contributed by atoms with Gasteiger partial charge in [-0.15, -0.1) is 0 Å². The summed E-state index contributed by atoms with van der Waals surface area (Å²) < 4.78 is 0. The van der Waals surface area contributed by atoms with Crippen LogP contribution in [0, 0.1) is 5.92 Å². The van der Waals surface area contributed by atoms with Crippen LogP contribution in [-0.2, 0) is 0 Å². The Balaban J connectivity index is 2.80. The van der Waals surface area contributed by atoms with Crippen molar-refractivity contribution in [3.05, 3.63) is 46.5 Å². The SMILES string of the molecule is CC1C=CC=CC1=CN=[N+]=[N-]. The Kier molecular flexibility index (Phi) is 2.53. The van der Waals surface area contributed by atoms with E-state index < -0.39 is 0 Å². The zero-order valence-corrected chi connectivity index (χ0v) is 6.31. The highest BCUT2D eigenvalue weighted by atomic mass is 15.1. The number of hydrogen-bond acceptors (Lipinski definition) is 1. The molecule has 1 aliphatic carbocycles. The molecule has 0 fully saturated rings. The number of nitrogens with zero attached hydrogens (tertiary/aromatic N) is 3. The van der Waals surface area contributed by atoms with E-state index in [0.717, 1.165) is 5.57 Å². The molecule has 0 aromatic rings. The van der Waals surface area contributed by atoms with Gasteiger partial charge in [-0.2, -0.15) is 0 Å². The lowest BCUT2D eigenvalue weighted by molar-refractivity contribution is 0.878. The van der Waals surface area contributed by atoms with Gasteiger partial charge in [-0.1, -0.05) is 36.3 Å².